The van der Waals surface area contributed by atoms with Gasteiger partial charge >= 0.3 is 0 Å². The van der Waals surface area contributed by atoms with Gasteiger partial charge in [-0.05, 0) is 83.6 Å². The van der Waals surface area contributed by atoms with Crippen LogP contribution in [0.5, 0.6) is 0 Å². The third-order valence-electron chi connectivity index (χ3n) is 6.76. The Bertz CT molecular complexity index is 402. The quantitative estimate of drug-likeness (QED) is 0.773. The fourth-order valence-electron chi connectivity index (χ4n) is 5.42. The molecule has 0 aromatic carbocycles. The highest BCUT2D eigenvalue weighted by atomic mass is 16.1. The van der Waals surface area contributed by atoms with E-state index in [0.717, 1.165) is 12.3 Å². The van der Waals surface area contributed by atoms with E-state index in [1.807, 2.05) is 0 Å². The molecule has 0 aromatic rings. The molecule has 1 aliphatic heterocycles. The van der Waals surface area contributed by atoms with Crippen molar-refractivity contribution in [3.63, 3.8) is 0 Å². The zero-order valence-corrected chi connectivity index (χ0v) is 15.4. The predicted octanol–water partition coefficient (Wildman–Crippen LogP) is 3.58. The SMILES string of the molecule is CN(C)CCCN1CCC2(CCC(C3CCCCC3)C(=O)C2)C1. The largest absolute Gasteiger partial charge is 0.309 e. The Labute approximate surface area is 142 Å². The minimum absolute atomic E-state index is 0.348. The first-order valence-corrected chi connectivity index (χ1v) is 9.98. The molecule has 3 rings (SSSR count). The number of hydrogen-bond donors (Lipinski definition) is 0. The van der Waals surface area contributed by atoms with Crippen LogP contribution >= 0.6 is 0 Å². The molecular weight excluding hydrogens is 284 g/mol. The molecule has 1 saturated heterocycles. The van der Waals surface area contributed by atoms with Crippen LogP contribution in [0.15, 0.2) is 0 Å². The zero-order valence-electron chi connectivity index (χ0n) is 15.4. The molecule has 23 heavy (non-hydrogen) atoms. The van der Waals surface area contributed by atoms with Crippen LogP contribution in [-0.2, 0) is 4.79 Å². The van der Waals surface area contributed by atoms with Crippen LogP contribution in [0.25, 0.3) is 0 Å². The Kier molecular flexibility index (Phi) is 5.79. The van der Waals surface area contributed by atoms with Crippen molar-refractivity contribution in [2.24, 2.45) is 17.3 Å². The highest BCUT2D eigenvalue weighted by Gasteiger charge is 2.45. The standard InChI is InChI=1S/C20H36N2O/c1-21(2)12-6-13-22-14-11-20(16-22)10-9-18(19(23)15-20)17-7-4-3-5-8-17/h17-18H,3-16H2,1-2H3. The molecule has 0 radical (unpaired) electrons. The van der Waals surface area contributed by atoms with E-state index in [0.29, 0.717) is 17.1 Å². The molecule has 2 saturated carbocycles. The molecule has 0 bridgehead atoms. The third-order valence-corrected chi connectivity index (χ3v) is 6.76. The van der Waals surface area contributed by atoms with Crippen molar-refractivity contribution in [1.82, 2.24) is 9.80 Å². The fraction of sp³-hybridized carbons (Fsp3) is 0.950. The van der Waals surface area contributed by atoms with E-state index in [2.05, 4.69) is 23.9 Å². The number of rotatable bonds is 5. The van der Waals surface area contributed by atoms with Gasteiger partial charge in [0.25, 0.3) is 0 Å². The van der Waals surface area contributed by atoms with Gasteiger partial charge in [0, 0.05) is 18.9 Å². The molecule has 3 fully saturated rings. The number of carbonyl (C=O) groups is 1. The van der Waals surface area contributed by atoms with E-state index in [1.165, 1.54) is 84.0 Å². The molecule has 2 atom stereocenters. The van der Waals surface area contributed by atoms with E-state index >= 15 is 0 Å². The lowest BCUT2D eigenvalue weighted by Gasteiger charge is -2.40. The minimum Gasteiger partial charge on any atom is -0.309 e. The van der Waals surface area contributed by atoms with Gasteiger partial charge in [-0.2, -0.15) is 0 Å². The van der Waals surface area contributed by atoms with E-state index in [4.69, 9.17) is 0 Å². The second-order valence-electron chi connectivity index (χ2n) is 8.87. The first kappa shape index (κ1) is 17.4. The van der Waals surface area contributed by atoms with Crippen LogP contribution < -0.4 is 0 Å². The van der Waals surface area contributed by atoms with Crippen LogP contribution in [0.4, 0.5) is 0 Å². The average Bonchev–Trinajstić information content (AvgIpc) is 2.90. The van der Waals surface area contributed by atoms with Gasteiger partial charge < -0.3 is 9.80 Å². The van der Waals surface area contributed by atoms with Crippen molar-refractivity contribution in [2.45, 2.75) is 64.2 Å². The summed E-state index contributed by atoms with van der Waals surface area (Å²) in [5.74, 6) is 1.77. The van der Waals surface area contributed by atoms with Gasteiger partial charge in [-0.15, -0.1) is 0 Å². The summed E-state index contributed by atoms with van der Waals surface area (Å²) in [5, 5.41) is 0. The maximum atomic E-state index is 12.8. The Morgan fingerprint density at radius 3 is 2.61 bits per heavy atom. The van der Waals surface area contributed by atoms with Gasteiger partial charge in [0.15, 0.2) is 0 Å². The number of ketones is 1. The molecule has 1 heterocycles. The fourth-order valence-corrected chi connectivity index (χ4v) is 5.42. The molecule has 3 nitrogen and oxygen atoms in total. The summed E-state index contributed by atoms with van der Waals surface area (Å²) in [4.78, 5) is 17.7. The van der Waals surface area contributed by atoms with Crippen LogP contribution in [-0.4, -0.2) is 55.9 Å². The Morgan fingerprint density at radius 2 is 1.91 bits per heavy atom. The number of likely N-dealkylation sites (tertiary alicyclic amines) is 1. The summed E-state index contributed by atoms with van der Waals surface area (Å²) in [6, 6.07) is 0. The summed E-state index contributed by atoms with van der Waals surface area (Å²) >= 11 is 0. The summed E-state index contributed by atoms with van der Waals surface area (Å²) in [6.07, 6.45) is 12.7. The van der Waals surface area contributed by atoms with E-state index < -0.39 is 0 Å². The molecule has 3 heteroatoms. The second kappa shape index (κ2) is 7.65. The Morgan fingerprint density at radius 1 is 1.13 bits per heavy atom. The molecule has 1 spiro atoms. The highest BCUT2D eigenvalue weighted by molar-refractivity contribution is 5.83. The first-order chi connectivity index (χ1) is 11.1. The third kappa shape index (κ3) is 4.36. The van der Waals surface area contributed by atoms with Gasteiger partial charge in [0.05, 0.1) is 0 Å². The van der Waals surface area contributed by atoms with Gasteiger partial charge in [-0.3, -0.25) is 4.79 Å². The normalized spacial score (nSPS) is 33.9. The summed E-state index contributed by atoms with van der Waals surface area (Å²) in [5.41, 5.74) is 0.348. The van der Waals surface area contributed by atoms with Crippen molar-refractivity contribution >= 4 is 5.78 Å². The number of Topliss-reactive ketones (excluding diaryl/α,β-unsaturated/α-hetero) is 1. The van der Waals surface area contributed by atoms with Crippen LogP contribution in [0.3, 0.4) is 0 Å². The molecule has 2 aliphatic carbocycles. The van der Waals surface area contributed by atoms with Crippen molar-refractivity contribution in [3.8, 4) is 0 Å². The van der Waals surface area contributed by atoms with Crippen molar-refractivity contribution in [1.29, 1.82) is 0 Å². The van der Waals surface area contributed by atoms with Crippen molar-refractivity contribution < 1.29 is 4.79 Å². The van der Waals surface area contributed by atoms with E-state index in [9.17, 15) is 4.79 Å². The smallest absolute Gasteiger partial charge is 0.136 e. The summed E-state index contributed by atoms with van der Waals surface area (Å²) in [6.45, 7) is 4.78. The van der Waals surface area contributed by atoms with Crippen molar-refractivity contribution in [2.75, 3.05) is 40.3 Å². The zero-order chi connectivity index (χ0) is 16.3. The summed E-state index contributed by atoms with van der Waals surface area (Å²) in [7, 11) is 4.30. The molecule has 132 valence electrons. The topological polar surface area (TPSA) is 23.6 Å². The van der Waals surface area contributed by atoms with Gasteiger partial charge in [-0.1, -0.05) is 19.3 Å². The molecule has 0 aromatic heterocycles. The van der Waals surface area contributed by atoms with Crippen LogP contribution in [0.2, 0.25) is 0 Å². The Balaban J connectivity index is 1.48. The average molecular weight is 321 g/mol. The van der Waals surface area contributed by atoms with Crippen LogP contribution in [0, 0.1) is 17.3 Å². The van der Waals surface area contributed by atoms with Crippen molar-refractivity contribution in [3.05, 3.63) is 0 Å². The second-order valence-corrected chi connectivity index (χ2v) is 8.87. The number of hydrogen-bond acceptors (Lipinski definition) is 3. The highest BCUT2D eigenvalue weighted by Crippen LogP contribution is 2.47. The monoisotopic (exact) mass is 320 g/mol. The first-order valence-electron chi connectivity index (χ1n) is 9.98. The van der Waals surface area contributed by atoms with E-state index in [-0.39, 0.29) is 0 Å². The molecule has 0 amide bonds. The number of carbonyl (C=O) groups excluding carboxylic acids is 1. The molecule has 2 unspecified atom stereocenters. The lowest BCUT2D eigenvalue weighted by molar-refractivity contribution is -0.130. The van der Waals surface area contributed by atoms with Gasteiger partial charge in [0.1, 0.15) is 5.78 Å². The van der Waals surface area contributed by atoms with E-state index in [1.54, 1.807) is 0 Å². The van der Waals surface area contributed by atoms with Gasteiger partial charge in [-0.25, -0.2) is 0 Å². The van der Waals surface area contributed by atoms with Crippen LogP contribution in [0.1, 0.15) is 64.2 Å². The maximum Gasteiger partial charge on any atom is 0.136 e. The van der Waals surface area contributed by atoms with Gasteiger partial charge in [0.2, 0.25) is 0 Å². The lowest BCUT2D eigenvalue weighted by atomic mass is 9.64. The predicted molar refractivity (Wildman–Crippen MR) is 95.6 cm³/mol. The molecule has 3 aliphatic rings. The summed E-state index contributed by atoms with van der Waals surface area (Å²) < 4.78 is 0. The lowest BCUT2D eigenvalue weighted by Crippen LogP contribution is -2.39. The Hall–Kier alpha value is -0.410. The maximum absolute atomic E-state index is 12.8. The number of nitrogens with zero attached hydrogens (tertiary/aromatic N) is 2. The minimum atomic E-state index is 0.348. The molecule has 0 N–H and O–H groups in total. The molecular formula is C20H36N2O.